The maximum atomic E-state index is 13.2. The van der Waals surface area contributed by atoms with Gasteiger partial charge in [0.05, 0.1) is 28.2 Å². The predicted molar refractivity (Wildman–Crippen MR) is 98.9 cm³/mol. The Kier molecular flexibility index (Phi) is 5.12. The number of alkyl halides is 3. The maximum absolute atomic E-state index is 13.2. The summed E-state index contributed by atoms with van der Waals surface area (Å²) in [6, 6.07) is 2.28. The van der Waals surface area contributed by atoms with E-state index in [-0.39, 0.29) is 12.1 Å². The predicted octanol–water partition coefficient (Wildman–Crippen LogP) is 3.40. The number of nitrogens with one attached hydrogen (secondary N) is 1. The Morgan fingerprint density at radius 3 is 2.63 bits per heavy atom. The van der Waals surface area contributed by atoms with Crippen LogP contribution in [0, 0.1) is 17.0 Å². The van der Waals surface area contributed by atoms with Crippen LogP contribution in [-0.2, 0) is 18.0 Å². The van der Waals surface area contributed by atoms with Gasteiger partial charge in [-0.15, -0.1) is 0 Å². The number of urea groups is 1. The van der Waals surface area contributed by atoms with E-state index in [9.17, 15) is 32.9 Å². The Hall–Kier alpha value is -4.03. The van der Waals surface area contributed by atoms with E-state index >= 15 is 0 Å². The van der Waals surface area contributed by atoms with Gasteiger partial charge in [-0.3, -0.25) is 19.6 Å². The molecule has 2 aromatic heterocycles. The van der Waals surface area contributed by atoms with Gasteiger partial charge in [0.25, 0.3) is 5.69 Å². The number of hydrogen-bond donors (Lipinski definition) is 1. The summed E-state index contributed by atoms with van der Waals surface area (Å²) >= 11 is 0. The number of nitrogens with zero attached hydrogens (tertiary/aromatic N) is 5. The van der Waals surface area contributed by atoms with Crippen molar-refractivity contribution < 1.29 is 27.7 Å². The molecular formula is C17H13F3N6O4. The number of aromatic nitrogens is 3. The van der Waals surface area contributed by atoms with E-state index in [0.29, 0.717) is 33.8 Å². The van der Waals surface area contributed by atoms with Crippen molar-refractivity contribution in [2.75, 3.05) is 10.2 Å². The average Bonchev–Trinajstić information content (AvgIpc) is 2.95. The molecule has 0 spiro atoms. The van der Waals surface area contributed by atoms with Gasteiger partial charge in [0.15, 0.2) is 5.65 Å². The number of aryl methyl sites for hydroxylation is 2. The highest BCUT2D eigenvalue weighted by molar-refractivity contribution is 6.12. The fourth-order valence-electron chi connectivity index (χ4n) is 2.85. The van der Waals surface area contributed by atoms with E-state index in [1.807, 2.05) is 0 Å². The standard InChI is InChI=1S/C17H13F3N6O4/c1-9-12-5-10(7-21-15(12)24(2)23-9)22-16(28)25(8-27)11-3-4-14(26(29)30)13(6-11)17(18,19)20/h3-8H,1-2H3,(H,22,28). The number of anilines is 2. The second-order valence-electron chi connectivity index (χ2n) is 6.17. The van der Waals surface area contributed by atoms with Crippen LogP contribution in [0.25, 0.3) is 11.0 Å². The van der Waals surface area contributed by atoms with Gasteiger partial charge >= 0.3 is 12.2 Å². The summed E-state index contributed by atoms with van der Waals surface area (Å²) < 4.78 is 41.0. The normalized spacial score (nSPS) is 11.4. The van der Waals surface area contributed by atoms with Gasteiger partial charge in [0.1, 0.15) is 5.56 Å². The summed E-state index contributed by atoms with van der Waals surface area (Å²) in [5.74, 6) is 0. The van der Waals surface area contributed by atoms with Gasteiger partial charge in [-0.25, -0.2) is 14.7 Å². The summed E-state index contributed by atoms with van der Waals surface area (Å²) in [7, 11) is 1.68. The number of halogens is 3. The van der Waals surface area contributed by atoms with E-state index in [4.69, 9.17) is 0 Å². The van der Waals surface area contributed by atoms with Crippen molar-refractivity contribution >= 4 is 40.5 Å². The van der Waals surface area contributed by atoms with Crippen molar-refractivity contribution in [3.63, 3.8) is 0 Å². The molecule has 0 aliphatic heterocycles. The zero-order chi connectivity index (χ0) is 22.2. The highest BCUT2D eigenvalue weighted by Gasteiger charge is 2.39. The molecular weight excluding hydrogens is 409 g/mol. The largest absolute Gasteiger partial charge is 0.423 e. The minimum Gasteiger partial charge on any atom is -0.306 e. The average molecular weight is 422 g/mol. The molecule has 0 saturated carbocycles. The van der Waals surface area contributed by atoms with E-state index in [2.05, 4.69) is 15.4 Å². The molecule has 2 heterocycles. The van der Waals surface area contributed by atoms with Crippen LogP contribution in [0.1, 0.15) is 11.3 Å². The van der Waals surface area contributed by atoms with E-state index < -0.39 is 34.1 Å². The molecule has 30 heavy (non-hydrogen) atoms. The maximum Gasteiger partial charge on any atom is 0.423 e. The molecule has 1 N–H and O–H groups in total. The van der Waals surface area contributed by atoms with Crippen LogP contribution < -0.4 is 10.2 Å². The Labute approximate surface area is 166 Å². The molecule has 3 aromatic rings. The summed E-state index contributed by atoms with van der Waals surface area (Å²) in [6.07, 6.45) is -3.77. The highest BCUT2D eigenvalue weighted by Crippen LogP contribution is 2.38. The molecule has 0 bridgehead atoms. The number of imide groups is 1. The van der Waals surface area contributed by atoms with Crippen molar-refractivity contribution in [1.82, 2.24) is 14.8 Å². The second kappa shape index (κ2) is 7.42. The van der Waals surface area contributed by atoms with Crippen molar-refractivity contribution in [3.8, 4) is 0 Å². The fraction of sp³-hybridized carbons (Fsp3) is 0.176. The third-order valence-electron chi connectivity index (χ3n) is 4.20. The number of amides is 3. The van der Waals surface area contributed by atoms with E-state index in [1.165, 1.54) is 10.9 Å². The lowest BCUT2D eigenvalue weighted by Gasteiger charge is -2.18. The van der Waals surface area contributed by atoms with Crippen LogP contribution in [-0.4, -0.2) is 32.1 Å². The minimum absolute atomic E-state index is 0.00205. The number of nitro groups is 1. The SMILES string of the molecule is Cc1nn(C)c2ncc(NC(=O)N(C=O)c3ccc([N+](=O)[O-])c(C(F)(F)F)c3)cc12. The molecule has 0 saturated heterocycles. The van der Waals surface area contributed by atoms with Crippen molar-refractivity contribution in [3.05, 3.63) is 51.8 Å². The van der Waals surface area contributed by atoms with Gasteiger partial charge in [0.2, 0.25) is 6.41 Å². The molecule has 0 atom stereocenters. The van der Waals surface area contributed by atoms with Crippen LogP contribution in [0.15, 0.2) is 30.5 Å². The van der Waals surface area contributed by atoms with Crippen LogP contribution >= 0.6 is 0 Å². The molecule has 3 rings (SSSR count). The monoisotopic (exact) mass is 422 g/mol. The second-order valence-corrected chi connectivity index (χ2v) is 6.17. The van der Waals surface area contributed by atoms with E-state index in [1.54, 1.807) is 20.0 Å². The lowest BCUT2D eigenvalue weighted by molar-refractivity contribution is -0.388. The Morgan fingerprint density at radius 1 is 1.33 bits per heavy atom. The molecule has 0 aliphatic rings. The quantitative estimate of drug-likeness (QED) is 0.391. The number of pyridine rings is 1. The number of carbonyl (C=O) groups is 2. The zero-order valence-electron chi connectivity index (χ0n) is 15.5. The Morgan fingerprint density at radius 2 is 2.03 bits per heavy atom. The van der Waals surface area contributed by atoms with Crippen LogP contribution in [0.2, 0.25) is 0 Å². The molecule has 0 fully saturated rings. The van der Waals surface area contributed by atoms with Gasteiger partial charge in [0, 0.05) is 18.5 Å². The first-order valence-corrected chi connectivity index (χ1v) is 8.23. The van der Waals surface area contributed by atoms with Crippen LogP contribution in [0.4, 0.5) is 35.0 Å². The number of hydrogen-bond acceptors (Lipinski definition) is 6. The molecule has 156 valence electrons. The number of benzene rings is 1. The van der Waals surface area contributed by atoms with Crippen molar-refractivity contribution in [1.29, 1.82) is 0 Å². The summed E-state index contributed by atoms with van der Waals surface area (Å²) in [4.78, 5) is 38.0. The molecule has 1 aromatic carbocycles. The number of carbonyl (C=O) groups excluding carboxylic acids is 2. The highest BCUT2D eigenvalue weighted by atomic mass is 19.4. The lowest BCUT2D eigenvalue weighted by Crippen LogP contribution is -2.34. The lowest BCUT2D eigenvalue weighted by atomic mass is 10.1. The third kappa shape index (κ3) is 3.76. The Balaban J connectivity index is 1.94. The topological polar surface area (TPSA) is 123 Å². The summed E-state index contributed by atoms with van der Waals surface area (Å²) in [6.45, 7) is 1.73. The summed E-state index contributed by atoms with van der Waals surface area (Å²) in [5, 5.41) is 18.0. The van der Waals surface area contributed by atoms with Gasteiger partial charge in [-0.2, -0.15) is 18.3 Å². The first kappa shape index (κ1) is 20.7. The van der Waals surface area contributed by atoms with Gasteiger partial charge in [-0.1, -0.05) is 0 Å². The van der Waals surface area contributed by atoms with Gasteiger partial charge in [-0.05, 0) is 25.1 Å². The van der Waals surface area contributed by atoms with Crippen LogP contribution in [0.5, 0.6) is 0 Å². The van der Waals surface area contributed by atoms with Gasteiger partial charge < -0.3 is 5.32 Å². The molecule has 0 unspecified atom stereocenters. The molecule has 0 aliphatic carbocycles. The molecule has 0 radical (unpaired) electrons. The third-order valence-corrected chi connectivity index (χ3v) is 4.20. The first-order valence-electron chi connectivity index (χ1n) is 8.23. The molecule has 10 nitrogen and oxygen atoms in total. The van der Waals surface area contributed by atoms with E-state index in [0.717, 1.165) is 6.07 Å². The molecule has 3 amide bonds. The summed E-state index contributed by atoms with van der Waals surface area (Å²) in [5.41, 5.74) is -1.92. The smallest absolute Gasteiger partial charge is 0.306 e. The Bertz CT molecular complexity index is 1170. The number of fused-ring (bicyclic) bond motifs is 1. The minimum atomic E-state index is -5.06. The van der Waals surface area contributed by atoms with Crippen molar-refractivity contribution in [2.45, 2.75) is 13.1 Å². The fourth-order valence-corrected chi connectivity index (χ4v) is 2.85. The first-order chi connectivity index (χ1) is 14.0. The molecule has 13 heteroatoms. The van der Waals surface area contributed by atoms with Crippen LogP contribution in [0.3, 0.4) is 0 Å². The number of rotatable bonds is 4. The number of nitro benzene ring substituents is 1. The zero-order valence-corrected chi connectivity index (χ0v) is 15.5. The van der Waals surface area contributed by atoms with Crippen molar-refractivity contribution in [2.24, 2.45) is 7.05 Å².